The molecular weight excluding hydrogens is 591 g/mol. The molecular formula is C43H27N3S. The fraction of sp³-hybridized carbons (Fsp3) is 0. The summed E-state index contributed by atoms with van der Waals surface area (Å²) in [5.74, 6) is 0.704. The highest BCUT2D eigenvalue weighted by Gasteiger charge is 2.19. The van der Waals surface area contributed by atoms with Crippen LogP contribution in [0.2, 0.25) is 0 Å². The van der Waals surface area contributed by atoms with Crippen molar-refractivity contribution in [2.24, 2.45) is 0 Å². The standard InChI is InChI=1S/C43H27N3S/c1-4-14-28(15-5-1)33-23-13-24-35-39(33)42-40(34-22-10-11-25-38(34)47-42)41(44-35)32-21-12-20-31(26-32)37-27-36(29-16-6-2-7-17-29)45-43(46-37)30-18-8-3-9-19-30/h1-27H. The number of thiophene rings is 1. The summed E-state index contributed by atoms with van der Waals surface area (Å²) in [4.78, 5) is 15.5. The van der Waals surface area contributed by atoms with Crippen molar-refractivity contribution in [1.82, 2.24) is 15.0 Å². The quantitative estimate of drug-likeness (QED) is 0.193. The molecule has 47 heavy (non-hydrogen) atoms. The van der Waals surface area contributed by atoms with E-state index < -0.39 is 0 Å². The number of benzene rings is 6. The topological polar surface area (TPSA) is 38.7 Å². The maximum Gasteiger partial charge on any atom is 0.160 e. The molecule has 6 aromatic carbocycles. The molecule has 220 valence electrons. The predicted octanol–water partition coefficient (Wildman–Crippen LogP) is 11.7. The first-order chi connectivity index (χ1) is 23.3. The molecule has 0 fully saturated rings. The molecule has 0 N–H and O–H groups in total. The van der Waals surface area contributed by atoms with Crippen LogP contribution >= 0.6 is 11.3 Å². The number of nitrogens with zero attached hydrogens (tertiary/aromatic N) is 3. The highest BCUT2D eigenvalue weighted by molar-refractivity contribution is 7.26. The number of fused-ring (bicyclic) bond motifs is 5. The van der Waals surface area contributed by atoms with Crippen LogP contribution < -0.4 is 0 Å². The third-order valence-electron chi connectivity index (χ3n) is 8.68. The summed E-state index contributed by atoms with van der Waals surface area (Å²) in [5.41, 5.74) is 10.3. The number of pyridine rings is 1. The van der Waals surface area contributed by atoms with Crippen molar-refractivity contribution in [3.05, 3.63) is 164 Å². The summed E-state index contributed by atoms with van der Waals surface area (Å²) in [7, 11) is 0. The SMILES string of the molecule is c1ccc(-c2cc(-c3cccc(-c4nc5cccc(-c6ccccc6)c5c5sc6ccccc6c45)c3)nc(-c3ccccc3)n2)cc1. The van der Waals surface area contributed by atoms with Gasteiger partial charge in [-0.05, 0) is 35.4 Å². The van der Waals surface area contributed by atoms with Gasteiger partial charge in [-0.3, -0.25) is 0 Å². The first-order valence-electron chi connectivity index (χ1n) is 15.7. The Morgan fingerprint density at radius 1 is 0.404 bits per heavy atom. The van der Waals surface area contributed by atoms with Gasteiger partial charge in [0.2, 0.25) is 0 Å². The lowest BCUT2D eigenvalue weighted by Crippen LogP contribution is -1.96. The molecule has 3 aromatic heterocycles. The molecule has 3 heterocycles. The minimum Gasteiger partial charge on any atom is -0.247 e. The minimum atomic E-state index is 0.704. The lowest BCUT2D eigenvalue weighted by atomic mass is 9.96. The lowest BCUT2D eigenvalue weighted by molar-refractivity contribution is 1.18. The average molecular weight is 618 g/mol. The number of hydrogen-bond acceptors (Lipinski definition) is 4. The maximum atomic E-state index is 5.42. The highest BCUT2D eigenvalue weighted by Crippen LogP contribution is 2.45. The smallest absolute Gasteiger partial charge is 0.160 e. The largest absolute Gasteiger partial charge is 0.247 e. The zero-order valence-corrected chi connectivity index (χ0v) is 26.2. The second-order valence-electron chi connectivity index (χ2n) is 11.6. The summed E-state index contributed by atoms with van der Waals surface area (Å²) in [6, 6.07) is 57.0. The van der Waals surface area contributed by atoms with Crippen molar-refractivity contribution < 1.29 is 0 Å². The van der Waals surface area contributed by atoms with Crippen LogP contribution in [0.5, 0.6) is 0 Å². The molecule has 9 rings (SSSR count). The Balaban J connectivity index is 1.28. The van der Waals surface area contributed by atoms with E-state index in [1.54, 1.807) is 0 Å². The van der Waals surface area contributed by atoms with Crippen molar-refractivity contribution in [3.8, 4) is 56.3 Å². The Morgan fingerprint density at radius 2 is 1.00 bits per heavy atom. The van der Waals surface area contributed by atoms with Crippen molar-refractivity contribution in [2.45, 2.75) is 0 Å². The summed E-state index contributed by atoms with van der Waals surface area (Å²) in [5, 5.41) is 3.62. The minimum absolute atomic E-state index is 0.704. The molecule has 0 bridgehead atoms. The summed E-state index contributed by atoms with van der Waals surface area (Å²) in [6.07, 6.45) is 0. The Bertz CT molecular complexity index is 2500. The van der Waals surface area contributed by atoms with Gasteiger partial charge in [0.1, 0.15) is 0 Å². The molecule has 0 saturated heterocycles. The van der Waals surface area contributed by atoms with Gasteiger partial charge in [0.05, 0.1) is 22.6 Å². The van der Waals surface area contributed by atoms with Gasteiger partial charge in [0.15, 0.2) is 5.82 Å². The van der Waals surface area contributed by atoms with Gasteiger partial charge in [0.25, 0.3) is 0 Å². The van der Waals surface area contributed by atoms with Crippen LogP contribution in [0.3, 0.4) is 0 Å². The van der Waals surface area contributed by atoms with Crippen molar-refractivity contribution in [2.75, 3.05) is 0 Å². The second kappa shape index (κ2) is 11.4. The molecule has 0 amide bonds. The van der Waals surface area contributed by atoms with Gasteiger partial charge in [-0.1, -0.05) is 140 Å². The van der Waals surface area contributed by atoms with Gasteiger partial charge in [0, 0.05) is 47.8 Å². The van der Waals surface area contributed by atoms with Crippen molar-refractivity contribution >= 4 is 42.4 Å². The van der Waals surface area contributed by atoms with Crippen molar-refractivity contribution in [3.63, 3.8) is 0 Å². The molecule has 3 nitrogen and oxygen atoms in total. The molecule has 0 aliphatic heterocycles. The van der Waals surface area contributed by atoms with Crippen LogP contribution in [0, 0.1) is 0 Å². The van der Waals surface area contributed by atoms with E-state index in [-0.39, 0.29) is 0 Å². The van der Waals surface area contributed by atoms with Gasteiger partial charge in [-0.25, -0.2) is 15.0 Å². The second-order valence-corrected chi connectivity index (χ2v) is 12.7. The van der Waals surface area contributed by atoms with Crippen LogP contribution in [-0.2, 0) is 0 Å². The Kier molecular flexibility index (Phi) is 6.65. The van der Waals surface area contributed by atoms with Crippen LogP contribution in [0.1, 0.15) is 0 Å². The molecule has 0 spiro atoms. The zero-order chi connectivity index (χ0) is 31.2. The molecule has 0 aliphatic rings. The Morgan fingerprint density at radius 3 is 1.77 bits per heavy atom. The van der Waals surface area contributed by atoms with Gasteiger partial charge >= 0.3 is 0 Å². The molecule has 0 aliphatic carbocycles. The molecule has 0 radical (unpaired) electrons. The van der Waals surface area contributed by atoms with Gasteiger partial charge < -0.3 is 0 Å². The van der Waals surface area contributed by atoms with Crippen LogP contribution in [-0.4, -0.2) is 15.0 Å². The van der Waals surface area contributed by atoms with Gasteiger partial charge in [-0.2, -0.15) is 0 Å². The Labute approximate surface area is 276 Å². The number of rotatable bonds is 5. The highest BCUT2D eigenvalue weighted by atomic mass is 32.1. The first kappa shape index (κ1) is 27.3. The van der Waals surface area contributed by atoms with Crippen LogP contribution in [0.25, 0.3) is 87.4 Å². The normalized spacial score (nSPS) is 11.4. The predicted molar refractivity (Wildman–Crippen MR) is 197 cm³/mol. The fourth-order valence-corrected chi connectivity index (χ4v) is 7.74. The summed E-state index contributed by atoms with van der Waals surface area (Å²) in [6.45, 7) is 0. The molecule has 0 atom stereocenters. The molecule has 0 saturated carbocycles. The fourth-order valence-electron chi connectivity index (χ4n) is 6.47. The van der Waals surface area contributed by atoms with Crippen LogP contribution in [0.15, 0.2) is 164 Å². The van der Waals surface area contributed by atoms with E-state index in [4.69, 9.17) is 15.0 Å². The number of hydrogen-bond donors (Lipinski definition) is 0. The molecule has 0 unspecified atom stereocenters. The molecule has 4 heteroatoms. The zero-order valence-electron chi connectivity index (χ0n) is 25.3. The van der Waals surface area contributed by atoms with E-state index in [2.05, 4.69) is 127 Å². The average Bonchev–Trinajstić information content (AvgIpc) is 3.55. The monoisotopic (exact) mass is 617 g/mol. The van der Waals surface area contributed by atoms with E-state index in [1.807, 2.05) is 47.7 Å². The first-order valence-corrected chi connectivity index (χ1v) is 16.5. The summed E-state index contributed by atoms with van der Waals surface area (Å²) >= 11 is 1.85. The molecule has 9 aromatic rings. The summed E-state index contributed by atoms with van der Waals surface area (Å²) < 4.78 is 2.52. The van der Waals surface area contributed by atoms with Crippen molar-refractivity contribution in [1.29, 1.82) is 0 Å². The third kappa shape index (κ3) is 4.87. The van der Waals surface area contributed by atoms with Gasteiger partial charge in [-0.15, -0.1) is 11.3 Å². The van der Waals surface area contributed by atoms with E-state index in [0.29, 0.717) is 5.82 Å². The third-order valence-corrected chi connectivity index (χ3v) is 9.87. The maximum absolute atomic E-state index is 5.42. The lowest BCUT2D eigenvalue weighted by Gasteiger charge is -2.13. The number of aromatic nitrogens is 3. The van der Waals surface area contributed by atoms with Crippen LogP contribution in [0.4, 0.5) is 0 Å². The van der Waals surface area contributed by atoms with E-state index in [1.165, 1.54) is 36.7 Å². The van der Waals surface area contributed by atoms with E-state index in [0.717, 1.165) is 44.9 Å². The van der Waals surface area contributed by atoms with E-state index >= 15 is 0 Å². The van der Waals surface area contributed by atoms with E-state index in [9.17, 15) is 0 Å². The Hall–Kier alpha value is -5.97.